The molecular formula is C15H24FNO2S. The lowest BCUT2D eigenvalue weighted by Gasteiger charge is -2.15. The van der Waals surface area contributed by atoms with E-state index in [1.807, 2.05) is 0 Å². The van der Waals surface area contributed by atoms with Crippen LogP contribution in [0.1, 0.15) is 45.1 Å². The van der Waals surface area contributed by atoms with Crippen molar-refractivity contribution in [2.75, 3.05) is 6.54 Å². The number of rotatable bonds is 9. The molecule has 1 atom stereocenters. The number of benzene rings is 1. The Labute approximate surface area is 121 Å². The zero-order valence-electron chi connectivity index (χ0n) is 12.2. The number of hydrogen-bond acceptors (Lipinski definition) is 2. The standard InChI is InChI=1S/C15H24FNO2S/c1-3-5-7-13(4-2)11-17-20(18,19)12-14-8-6-9-15(16)10-14/h6,8-10,13,17H,3-5,7,11-12H2,1-2H3. The first-order valence-corrected chi connectivity index (χ1v) is 8.83. The molecule has 0 radical (unpaired) electrons. The van der Waals surface area contributed by atoms with E-state index in [2.05, 4.69) is 18.6 Å². The summed E-state index contributed by atoms with van der Waals surface area (Å²) in [4.78, 5) is 0. The Hall–Kier alpha value is -0.940. The fourth-order valence-electron chi connectivity index (χ4n) is 2.09. The monoisotopic (exact) mass is 301 g/mol. The van der Waals surface area contributed by atoms with Crippen molar-refractivity contribution >= 4 is 10.0 Å². The smallest absolute Gasteiger partial charge is 0.215 e. The van der Waals surface area contributed by atoms with E-state index in [4.69, 9.17) is 0 Å². The van der Waals surface area contributed by atoms with Gasteiger partial charge >= 0.3 is 0 Å². The van der Waals surface area contributed by atoms with Gasteiger partial charge in [0, 0.05) is 6.54 Å². The summed E-state index contributed by atoms with van der Waals surface area (Å²) >= 11 is 0. The Morgan fingerprint density at radius 1 is 1.30 bits per heavy atom. The van der Waals surface area contributed by atoms with Crippen molar-refractivity contribution < 1.29 is 12.8 Å². The van der Waals surface area contributed by atoms with Crippen LogP contribution in [0.4, 0.5) is 4.39 Å². The second-order valence-corrected chi connectivity index (χ2v) is 6.96. The second kappa shape index (κ2) is 8.37. The highest BCUT2D eigenvalue weighted by molar-refractivity contribution is 7.88. The van der Waals surface area contributed by atoms with Crippen molar-refractivity contribution in [3.8, 4) is 0 Å². The maximum atomic E-state index is 13.0. The summed E-state index contributed by atoms with van der Waals surface area (Å²) in [6, 6.07) is 5.71. The van der Waals surface area contributed by atoms with E-state index in [1.54, 1.807) is 6.07 Å². The maximum absolute atomic E-state index is 13.0. The number of halogens is 1. The molecule has 1 rings (SSSR count). The van der Waals surface area contributed by atoms with Gasteiger partial charge < -0.3 is 0 Å². The van der Waals surface area contributed by atoms with Gasteiger partial charge in [-0.2, -0.15) is 0 Å². The molecule has 5 heteroatoms. The molecule has 0 aliphatic rings. The van der Waals surface area contributed by atoms with E-state index in [1.165, 1.54) is 18.2 Å². The molecule has 0 amide bonds. The average molecular weight is 301 g/mol. The van der Waals surface area contributed by atoms with Crippen molar-refractivity contribution in [2.45, 2.75) is 45.3 Å². The van der Waals surface area contributed by atoms with E-state index in [9.17, 15) is 12.8 Å². The van der Waals surface area contributed by atoms with Crippen LogP contribution in [-0.4, -0.2) is 15.0 Å². The lowest BCUT2D eigenvalue weighted by Crippen LogP contribution is -2.30. The van der Waals surface area contributed by atoms with Crippen LogP contribution in [0.2, 0.25) is 0 Å². The summed E-state index contributed by atoms with van der Waals surface area (Å²) in [6.07, 6.45) is 4.23. The topological polar surface area (TPSA) is 46.2 Å². The predicted octanol–water partition coefficient (Wildman–Crippen LogP) is 3.46. The highest BCUT2D eigenvalue weighted by Gasteiger charge is 2.14. The number of hydrogen-bond donors (Lipinski definition) is 1. The highest BCUT2D eigenvalue weighted by atomic mass is 32.2. The number of sulfonamides is 1. The van der Waals surface area contributed by atoms with E-state index < -0.39 is 15.8 Å². The molecule has 1 aromatic rings. The minimum atomic E-state index is -3.40. The predicted molar refractivity (Wildman–Crippen MR) is 80.3 cm³/mol. The minimum absolute atomic E-state index is 0.172. The zero-order chi connectivity index (χ0) is 15.0. The quantitative estimate of drug-likeness (QED) is 0.759. The minimum Gasteiger partial charge on any atom is -0.215 e. The normalized spacial score (nSPS) is 13.3. The first-order chi connectivity index (χ1) is 9.46. The van der Waals surface area contributed by atoms with E-state index in [0.717, 1.165) is 25.7 Å². The van der Waals surface area contributed by atoms with Gasteiger partial charge in [0.2, 0.25) is 10.0 Å². The third-order valence-electron chi connectivity index (χ3n) is 3.38. The van der Waals surface area contributed by atoms with Crippen molar-refractivity contribution in [3.63, 3.8) is 0 Å². The van der Waals surface area contributed by atoms with Crippen LogP contribution >= 0.6 is 0 Å². The largest absolute Gasteiger partial charge is 0.215 e. The molecule has 0 saturated heterocycles. The number of nitrogens with one attached hydrogen (secondary N) is 1. The molecule has 0 aromatic heterocycles. The summed E-state index contributed by atoms with van der Waals surface area (Å²) < 4.78 is 39.6. The molecule has 1 N–H and O–H groups in total. The SMILES string of the molecule is CCCCC(CC)CNS(=O)(=O)Cc1cccc(F)c1. The maximum Gasteiger partial charge on any atom is 0.215 e. The van der Waals surface area contributed by atoms with Crippen LogP contribution in [0.25, 0.3) is 0 Å². The lowest BCUT2D eigenvalue weighted by atomic mass is 10.00. The molecular weight excluding hydrogens is 277 g/mol. The van der Waals surface area contributed by atoms with Crippen LogP contribution in [-0.2, 0) is 15.8 Å². The van der Waals surface area contributed by atoms with Crippen LogP contribution in [0.3, 0.4) is 0 Å². The zero-order valence-corrected chi connectivity index (χ0v) is 13.0. The molecule has 3 nitrogen and oxygen atoms in total. The molecule has 0 aliphatic carbocycles. The Bertz CT molecular complexity index is 502. The molecule has 20 heavy (non-hydrogen) atoms. The van der Waals surface area contributed by atoms with Gasteiger partial charge in [-0.15, -0.1) is 0 Å². The third-order valence-corrected chi connectivity index (χ3v) is 4.70. The molecule has 1 unspecified atom stereocenters. The summed E-state index contributed by atoms with van der Waals surface area (Å²) in [5.74, 6) is -0.209. The van der Waals surface area contributed by atoms with Crippen molar-refractivity contribution in [1.82, 2.24) is 4.72 Å². The van der Waals surface area contributed by atoms with Gasteiger partial charge in [0.05, 0.1) is 5.75 Å². The molecule has 0 fully saturated rings. The summed E-state index contributed by atoms with van der Waals surface area (Å²) in [5, 5.41) is 0. The van der Waals surface area contributed by atoms with Crippen LogP contribution in [0.5, 0.6) is 0 Å². The Morgan fingerprint density at radius 2 is 2.05 bits per heavy atom. The van der Waals surface area contributed by atoms with Crippen molar-refractivity contribution in [3.05, 3.63) is 35.6 Å². The van der Waals surface area contributed by atoms with E-state index >= 15 is 0 Å². The fraction of sp³-hybridized carbons (Fsp3) is 0.600. The van der Waals surface area contributed by atoms with Crippen molar-refractivity contribution in [1.29, 1.82) is 0 Å². The summed E-state index contributed by atoms with van der Waals surface area (Å²) in [6.45, 7) is 4.66. The van der Waals surface area contributed by atoms with Crippen LogP contribution in [0, 0.1) is 11.7 Å². The molecule has 114 valence electrons. The molecule has 1 aromatic carbocycles. The van der Waals surface area contributed by atoms with Gasteiger partial charge in [-0.25, -0.2) is 17.5 Å². The summed E-state index contributed by atoms with van der Waals surface area (Å²) in [5.41, 5.74) is 0.471. The van der Waals surface area contributed by atoms with E-state index in [0.29, 0.717) is 18.0 Å². The lowest BCUT2D eigenvalue weighted by molar-refractivity contribution is 0.443. The van der Waals surface area contributed by atoms with Crippen LogP contribution in [0.15, 0.2) is 24.3 Å². The van der Waals surface area contributed by atoms with Gasteiger partial charge in [-0.1, -0.05) is 45.2 Å². The van der Waals surface area contributed by atoms with Gasteiger partial charge in [0.25, 0.3) is 0 Å². The van der Waals surface area contributed by atoms with Gasteiger partial charge in [-0.05, 0) is 30.0 Å². The number of unbranched alkanes of at least 4 members (excludes halogenated alkanes) is 1. The molecule has 0 heterocycles. The molecule has 0 bridgehead atoms. The van der Waals surface area contributed by atoms with Crippen molar-refractivity contribution in [2.24, 2.45) is 5.92 Å². The fourth-order valence-corrected chi connectivity index (χ4v) is 3.30. The molecule has 0 aliphatic heterocycles. The van der Waals surface area contributed by atoms with Gasteiger partial charge in [-0.3, -0.25) is 0 Å². The summed E-state index contributed by atoms with van der Waals surface area (Å²) in [7, 11) is -3.40. The Morgan fingerprint density at radius 3 is 2.65 bits per heavy atom. The molecule has 0 saturated carbocycles. The first kappa shape index (κ1) is 17.1. The molecule has 0 spiro atoms. The van der Waals surface area contributed by atoms with E-state index in [-0.39, 0.29) is 5.75 Å². The van der Waals surface area contributed by atoms with Crippen LogP contribution < -0.4 is 4.72 Å². The average Bonchev–Trinajstić information content (AvgIpc) is 2.38. The second-order valence-electron chi connectivity index (χ2n) is 5.15. The highest BCUT2D eigenvalue weighted by Crippen LogP contribution is 2.13. The third kappa shape index (κ3) is 6.48. The Balaban J connectivity index is 2.52. The first-order valence-electron chi connectivity index (χ1n) is 7.18. The van der Waals surface area contributed by atoms with Gasteiger partial charge in [0.1, 0.15) is 5.82 Å². The Kier molecular flexibility index (Phi) is 7.16. The van der Waals surface area contributed by atoms with Gasteiger partial charge in [0.15, 0.2) is 0 Å².